The summed E-state index contributed by atoms with van der Waals surface area (Å²) in [5, 5.41) is 9.92. The number of fused-ring (bicyclic) bond motifs is 4. The summed E-state index contributed by atoms with van der Waals surface area (Å²) >= 11 is 3.02. The van der Waals surface area contributed by atoms with Crippen molar-refractivity contribution in [1.82, 2.24) is 15.0 Å². The molecule has 3 aromatic heterocycles. The van der Waals surface area contributed by atoms with E-state index in [-0.39, 0.29) is 16.5 Å². The van der Waals surface area contributed by atoms with E-state index in [0.29, 0.717) is 27.3 Å². The third kappa shape index (κ3) is 13.9. The van der Waals surface area contributed by atoms with E-state index in [2.05, 4.69) is 70.2 Å². The Morgan fingerprint density at radius 1 is 0.443 bits per heavy atom. The van der Waals surface area contributed by atoms with Crippen molar-refractivity contribution in [3.8, 4) is 42.4 Å². The summed E-state index contributed by atoms with van der Waals surface area (Å²) in [5.74, 6) is -1.68. The summed E-state index contributed by atoms with van der Waals surface area (Å²) in [5.41, 5.74) is 9.53. The lowest BCUT2D eigenvalue weighted by molar-refractivity contribution is 0.397. The number of halogens is 2. The van der Waals surface area contributed by atoms with Crippen molar-refractivity contribution < 1.29 is 8.78 Å². The number of hydrogen-bond donors (Lipinski definition) is 0. The van der Waals surface area contributed by atoms with Gasteiger partial charge in [-0.2, -0.15) is 15.0 Å². The van der Waals surface area contributed by atoms with Crippen LogP contribution in [0.15, 0.2) is 60.7 Å². The molecule has 0 radical (unpaired) electrons. The Morgan fingerprint density at radius 3 is 1.34 bits per heavy atom. The third-order valence-electron chi connectivity index (χ3n) is 15.5. The second kappa shape index (κ2) is 28.0. The van der Waals surface area contributed by atoms with Crippen LogP contribution in [0.5, 0.6) is 0 Å². The highest BCUT2D eigenvalue weighted by atomic mass is 32.1. The summed E-state index contributed by atoms with van der Waals surface area (Å²) in [7, 11) is 0. The first kappa shape index (κ1) is 54.1. The normalized spacial score (nSPS) is 13.0. The fourth-order valence-electron chi connectivity index (χ4n) is 11.5. The zero-order chi connectivity index (χ0) is 49.1. The molecule has 0 unspecified atom stereocenters. The number of benzene rings is 3. The van der Waals surface area contributed by atoms with Crippen LogP contribution in [-0.4, -0.2) is 15.0 Å². The molecule has 0 amide bonds. The van der Waals surface area contributed by atoms with Crippen LogP contribution in [-0.2, 0) is 12.0 Å². The second-order valence-corrected chi connectivity index (χ2v) is 23.5. The van der Waals surface area contributed by atoms with Crippen molar-refractivity contribution >= 4 is 33.7 Å². The maximum Gasteiger partial charge on any atom is 0.170 e. The summed E-state index contributed by atoms with van der Waals surface area (Å²) in [6.07, 6.45) is 38.6. The van der Waals surface area contributed by atoms with Gasteiger partial charge in [-0.25, -0.2) is 8.78 Å². The van der Waals surface area contributed by atoms with Gasteiger partial charge in [-0.1, -0.05) is 230 Å². The van der Waals surface area contributed by atoms with E-state index in [0.717, 1.165) is 41.0 Å². The maximum atomic E-state index is 16.9. The van der Waals surface area contributed by atoms with Crippen molar-refractivity contribution in [2.24, 2.45) is 0 Å². The molecule has 3 aromatic carbocycles. The molecule has 0 saturated carbocycles. The molecule has 0 saturated heterocycles. The predicted octanol–water partition coefficient (Wildman–Crippen LogP) is 21.5. The second-order valence-electron chi connectivity index (χ2n) is 21.2. The monoisotopic (exact) mass is 988 g/mol. The summed E-state index contributed by atoms with van der Waals surface area (Å²) in [6, 6.07) is 22.2. The highest BCUT2D eigenvalue weighted by Crippen LogP contribution is 2.56. The van der Waals surface area contributed by atoms with Crippen LogP contribution in [0.2, 0.25) is 0 Å². The van der Waals surface area contributed by atoms with Gasteiger partial charge in [0.15, 0.2) is 11.6 Å². The minimum absolute atomic E-state index is 0.0410. The first-order valence-corrected chi connectivity index (χ1v) is 30.1. The molecular formula is C63H87F2N3S2. The van der Waals surface area contributed by atoms with E-state index >= 15 is 8.78 Å². The highest BCUT2D eigenvalue weighted by molar-refractivity contribution is 7.19. The van der Waals surface area contributed by atoms with Crippen LogP contribution in [0, 0.1) is 25.5 Å². The lowest BCUT2D eigenvalue weighted by Crippen LogP contribution is -2.25. The topological polar surface area (TPSA) is 30.7 Å². The van der Waals surface area contributed by atoms with Crippen molar-refractivity contribution in [2.45, 2.75) is 239 Å². The predicted molar refractivity (Wildman–Crippen MR) is 301 cm³/mol. The fourth-order valence-corrected chi connectivity index (χ4v) is 13.4. The number of rotatable bonds is 34. The SMILES string of the molecule is CCCCCCCCCCCCCCn1nc2c(-c3ccc(C)s3)c(F)c(F)c(-c3ccc(-c4ccc5c(c4)C(CCCCCCCCCC)(CCCCCCCCCC)c4cc(C)ccc4-5)s3)c2n1. The Morgan fingerprint density at radius 2 is 0.857 bits per heavy atom. The molecule has 7 heteroatoms. The van der Waals surface area contributed by atoms with Crippen LogP contribution in [0.4, 0.5) is 8.78 Å². The van der Waals surface area contributed by atoms with Gasteiger partial charge in [-0.05, 0) is 91.3 Å². The molecule has 0 N–H and O–H groups in total. The van der Waals surface area contributed by atoms with Gasteiger partial charge in [0.1, 0.15) is 11.0 Å². The van der Waals surface area contributed by atoms with Gasteiger partial charge in [-0.3, -0.25) is 0 Å². The number of thiophene rings is 2. The number of unbranched alkanes of at least 4 members (excludes halogenated alkanes) is 25. The van der Waals surface area contributed by atoms with E-state index in [4.69, 9.17) is 10.2 Å². The molecule has 0 atom stereocenters. The smallest absolute Gasteiger partial charge is 0.170 e. The molecule has 0 fully saturated rings. The Bertz CT molecular complexity index is 2490. The van der Waals surface area contributed by atoms with Crippen molar-refractivity contribution in [1.29, 1.82) is 0 Å². The summed E-state index contributed by atoms with van der Waals surface area (Å²) in [4.78, 5) is 5.19. The van der Waals surface area contributed by atoms with Gasteiger partial charge < -0.3 is 0 Å². The van der Waals surface area contributed by atoms with E-state index in [1.54, 1.807) is 16.1 Å². The van der Waals surface area contributed by atoms with Crippen molar-refractivity contribution in [3.63, 3.8) is 0 Å². The zero-order valence-corrected chi connectivity index (χ0v) is 45.7. The van der Waals surface area contributed by atoms with Gasteiger partial charge in [0.25, 0.3) is 0 Å². The first-order valence-electron chi connectivity index (χ1n) is 28.5. The van der Waals surface area contributed by atoms with Gasteiger partial charge in [0, 0.05) is 24.9 Å². The Balaban J connectivity index is 1.14. The number of aryl methyl sites for hydroxylation is 3. The van der Waals surface area contributed by atoms with Crippen molar-refractivity contribution in [2.75, 3.05) is 0 Å². The Labute approximate surface area is 430 Å². The van der Waals surface area contributed by atoms with E-state index in [9.17, 15) is 0 Å². The number of aromatic nitrogens is 3. The summed E-state index contributed by atoms with van der Waals surface area (Å²) in [6.45, 7) is 11.8. The van der Waals surface area contributed by atoms with Crippen LogP contribution in [0.1, 0.15) is 235 Å². The van der Waals surface area contributed by atoms with E-state index < -0.39 is 11.6 Å². The molecule has 0 bridgehead atoms. The number of hydrogen-bond acceptors (Lipinski definition) is 4. The molecule has 0 spiro atoms. The lowest BCUT2D eigenvalue weighted by atomic mass is 9.70. The molecule has 70 heavy (non-hydrogen) atoms. The van der Waals surface area contributed by atoms with Gasteiger partial charge in [-0.15, -0.1) is 22.7 Å². The minimum Gasteiger partial charge on any atom is -0.203 e. The van der Waals surface area contributed by atoms with E-state index in [1.807, 2.05) is 25.1 Å². The average molecular weight is 989 g/mol. The maximum absolute atomic E-state index is 16.9. The van der Waals surface area contributed by atoms with Crippen LogP contribution >= 0.6 is 22.7 Å². The minimum atomic E-state index is -0.839. The molecule has 7 rings (SSSR count). The van der Waals surface area contributed by atoms with Crippen LogP contribution in [0.3, 0.4) is 0 Å². The zero-order valence-electron chi connectivity index (χ0n) is 44.1. The molecule has 6 aromatic rings. The number of nitrogens with zero attached hydrogens (tertiary/aromatic N) is 3. The van der Waals surface area contributed by atoms with Crippen molar-refractivity contribution in [3.05, 3.63) is 93.9 Å². The molecule has 380 valence electrons. The van der Waals surface area contributed by atoms with Gasteiger partial charge in [0.2, 0.25) is 0 Å². The third-order valence-corrected chi connectivity index (χ3v) is 17.7. The summed E-state index contributed by atoms with van der Waals surface area (Å²) < 4.78 is 33.5. The lowest BCUT2D eigenvalue weighted by Gasteiger charge is -2.33. The molecule has 1 aliphatic rings. The Hall–Kier alpha value is -3.68. The molecule has 3 nitrogen and oxygen atoms in total. The highest BCUT2D eigenvalue weighted by Gasteiger charge is 2.42. The van der Waals surface area contributed by atoms with E-state index in [1.165, 1.54) is 206 Å². The van der Waals surface area contributed by atoms with Gasteiger partial charge in [0.05, 0.1) is 17.7 Å². The van der Waals surface area contributed by atoms with Crippen LogP contribution in [0.25, 0.3) is 53.5 Å². The van der Waals surface area contributed by atoms with Crippen LogP contribution < -0.4 is 0 Å². The molecular weight excluding hydrogens is 901 g/mol. The largest absolute Gasteiger partial charge is 0.203 e. The Kier molecular flexibility index (Phi) is 21.6. The molecule has 0 aliphatic heterocycles. The standard InChI is InChI=1S/C63H87F2N3S2/c1-6-9-12-15-18-21-22-23-24-27-30-33-44-68-66-61-57(55-39-35-48(5)69-55)59(64)60(65)58(62(61)67-68)56-41-40-54(70-56)49-36-38-51-50-37-34-47(4)45-52(50)63(53(51)46-49,42-31-28-25-19-16-13-10-7-2)43-32-29-26-20-17-14-11-8-3/h34-41,45-46H,6-33,42-44H2,1-5H3. The average Bonchev–Trinajstić information content (AvgIpc) is 4.17. The first-order chi connectivity index (χ1) is 34.3. The quantitative estimate of drug-likeness (QED) is 0.0377. The molecule has 1 aliphatic carbocycles. The fraction of sp³-hybridized carbons (Fsp3) is 0.587. The molecule has 3 heterocycles. The van der Waals surface area contributed by atoms with Gasteiger partial charge >= 0.3 is 0 Å².